The Hall–Kier alpha value is -2.39. The van der Waals surface area contributed by atoms with Crippen LogP contribution in [0.25, 0.3) is 0 Å². The van der Waals surface area contributed by atoms with E-state index in [1.807, 2.05) is 0 Å². The van der Waals surface area contributed by atoms with Crippen molar-refractivity contribution in [1.29, 1.82) is 0 Å². The van der Waals surface area contributed by atoms with Gasteiger partial charge in [-0.1, -0.05) is 0 Å². The Labute approximate surface area is 165 Å². The van der Waals surface area contributed by atoms with Gasteiger partial charge in [-0.15, -0.1) is 0 Å². The molecule has 2 rings (SSSR count). The van der Waals surface area contributed by atoms with Crippen LogP contribution in [0, 0.1) is 13.8 Å². The third-order valence-electron chi connectivity index (χ3n) is 4.44. The number of ether oxygens (including phenoxy) is 2. The van der Waals surface area contributed by atoms with Crippen molar-refractivity contribution in [3.63, 3.8) is 0 Å². The number of sulfone groups is 2. The van der Waals surface area contributed by atoms with Crippen LogP contribution in [-0.2, 0) is 19.7 Å². The molecule has 0 bridgehead atoms. The lowest BCUT2D eigenvalue weighted by atomic mass is 9.95. The Morgan fingerprint density at radius 2 is 1.04 bits per heavy atom. The molecular formula is C19H22O7S2. The first kappa shape index (κ1) is 21.9. The predicted octanol–water partition coefficient (Wildman–Crippen LogP) is 2.36. The van der Waals surface area contributed by atoms with E-state index in [1.54, 1.807) is 13.8 Å². The summed E-state index contributed by atoms with van der Waals surface area (Å²) < 4.78 is 58.3. The number of benzene rings is 2. The summed E-state index contributed by atoms with van der Waals surface area (Å²) >= 11 is 0. The number of ketones is 1. The molecule has 9 heteroatoms. The van der Waals surface area contributed by atoms with Gasteiger partial charge in [0.25, 0.3) is 0 Å². The minimum Gasteiger partial charge on any atom is -0.495 e. The van der Waals surface area contributed by atoms with Crippen LogP contribution in [0.15, 0.2) is 34.1 Å². The molecule has 0 unspecified atom stereocenters. The number of hydrogen-bond acceptors (Lipinski definition) is 7. The summed E-state index contributed by atoms with van der Waals surface area (Å²) in [5.41, 5.74) is 1.25. The Morgan fingerprint density at radius 1 is 0.714 bits per heavy atom. The quantitative estimate of drug-likeness (QED) is 0.653. The molecule has 0 N–H and O–H groups in total. The van der Waals surface area contributed by atoms with Gasteiger partial charge in [0.05, 0.1) is 14.2 Å². The Kier molecular flexibility index (Phi) is 5.91. The molecule has 28 heavy (non-hydrogen) atoms. The van der Waals surface area contributed by atoms with E-state index >= 15 is 0 Å². The summed E-state index contributed by atoms with van der Waals surface area (Å²) in [5.74, 6) is -0.192. The molecule has 0 aliphatic rings. The average Bonchev–Trinajstić information content (AvgIpc) is 2.58. The van der Waals surface area contributed by atoms with Crippen LogP contribution in [0.4, 0.5) is 0 Å². The summed E-state index contributed by atoms with van der Waals surface area (Å²) in [6, 6.07) is 5.50. The van der Waals surface area contributed by atoms with Crippen LogP contribution >= 0.6 is 0 Å². The van der Waals surface area contributed by atoms with Crippen LogP contribution in [0.3, 0.4) is 0 Å². The summed E-state index contributed by atoms with van der Waals surface area (Å²) in [6.07, 6.45) is 2.12. The van der Waals surface area contributed by atoms with Crippen LogP contribution in [0.2, 0.25) is 0 Å². The van der Waals surface area contributed by atoms with E-state index in [1.165, 1.54) is 38.5 Å². The summed E-state index contributed by atoms with van der Waals surface area (Å²) in [7, 11) is -4.41. The maximum absolute atomic E-state index is 13.1. The second-order valence-corrected chi connectivity index (χ2v) is 10.4. The molecule has 0 saturated carbocycles. The van der Waals surface area contributed by atoms with Crippen LogP contribution in [-0.4, -0.2) is 49.3 Å². The van der Waals surface area contributed by atoms with Crippen molar-refractivity contribution in [2.75, 3.05) is 26.7 Å². The van der Waals surface area contributed by atoms with Gasteiger partial charge in [-0.2, -0.15) is 0 Å². The highest BCUT2D eigenvalue weighted by Gasteiger charge is 2.25. The molecule has 0 spiro atoms. The molecule has 0 atom stereocenters. The van der Waals surface area contributed by atoms with E-state index < -0.39 is 25.5 Å². The molecule has 0 heterocycles. The molecule has 0 saturated heterocycles. The van der Waals surface area contributed by atoms with Crippen molar-refractivity contribution < 1.29 is 31.1 Å². The number of rotatable bonds is 6. The normalized spacial score (nSPS) is 11.9. The molecule has 0 radical (unpaired) electrons. The van der Waals surface area contributed by atoms with Crippen molar-refractivity contribution in [3.8, 4) is 11.5 Å². The highest BCUT2D eigenvalue weighted by atomic mass is 32.2. The molecule has 0 amide bonds. The predicted molar refractivity (Wildman–Crippen MR) is 105 cm³/mol. The zero-order valence-electron chi connectivity index (χ0n) is 16.5. The van der Waals surface area contributed by atoms with Gasteiger partial charge in [0.1, 0.15) is 21.3 Å². The standard InChI is InChI=1S/C19H22O7S2/c1-11-13(7-9-15(18(11)25-3)27(5,21)22)17(20)14-8-10-16(28(6,23)24)19(26-4)12(14)2/h7-10H,1-6H3. The van der Waals surface area contributed by atoms with Gasteiger partial charge in [0, 0.05) is 34.8 Å². The lowest BCUT2D eigenvalue weighted by Gasteiger charge is -2.16. The van der Waals surface area contributed by atoms with Crippen molar-refractivity contribution in [2.24, 2.45) is 0 Å². The summed E-state index contributed by atoms with van der Waals surface area (Å²) in [6.45, 7) is 3.19. The Morgan fingerprint density at radius 3 is 1.29 bits per heavy atom. The van der Waals surface area contributed by atoms with Crippen molar-refractivity contribution >= 4 is 25.5 Å². The van der Waals surface area contributed by atoms with E-state index in [4.69, 9.17) is 9.47 Å². The maximum atomic E-state index is 13.1. The first-order valence-corrected chi connectivity index (χ1v) is 11.9. The van der Waals surface area contributed by atoms with Gasteiger partial charge in [0.2, 0.25) is 0 Å². The zero-order chi connectivity index (χ0) is 21.4. The molecule has 2 aromatic carbocycles. The van der Waals surface area contributed by atoms with E-state index in [0.717, 1.165) is 12.5 Å². The van der Waals surface area contributed by atoms with Gasteiger partial charge in [-0.25, -0.2) is 16.8 Å². The van der Waals surface area contributed by atoms with E-state index in [9.17, 15) is 21.6 Å². The molecule has 2 aromatic rings. The fraction of sp³-hybridized carbons (Fsp3) is 0.316. The maximum Gasteiger partial charge on any atom is 0.193 e. The van der Waals surface area contributed by atoms with Crippen LogP contribution in [0.5, 0.6) is 11.5 Å². The number of methoxy groups -OCH3 is 2. The number of carbonyl (C=O) groups is 1. The fourth-order valence-electron chi connectivity index (χ4n) is 3.06. The van der Waals surface area contributed by atoms with Gasteiger partial charge < -0.3 is 9.47 Å². The van der Waals surface area contributed by atoms with E-state index in [2.05, 4.69) is 0 Å². The molecule has 0 aliphatic carbocycles. The Balaban J connectivity index is 2.71. The third-order valence-corrected chi connectivity index (χ3v) is 6.68. The first-order chi connectivity index (χ1) is 12.8. The third kappa shape index (κ3) is 3.90. The Bertz CT molecular complexity index is 1070. The molecule has 0 aliphatic heterocycles. The van der Waals surface area contributed by atoms with Crippen molar-refractivity contribution in [3.05, 3.63) is 46.5 Å². The summed E-state index contributed by atoms with van der Waals surface area (Å²) in [5, 5.41) is 0. The van der Waals surface area contributed by atoms with Crippen LogP contribution in [0.1, 0.15) is 27.0 Å². The fourth-order valence-corrected chi connectivity index (χ4v) is 4.84. The zero-order valence-corrected chi connectivity index (χ0v) is 18.1. The van der Waals surface area contributed by atoms with E-state index in [0.29, 0.717) is 11.1 Å². The van der Waals surface area contributed by atoms with Crippen molar-refractivity contribution in [1.82, 2.24) is 0 Å². The first-order valence-electron chi connectivity index (χ1n) is 8.14. The van der Waals surface area contributed by atoms with Crippen LogP contribution < -0.4 is 9.47 Å². The highest BCUT2D eigenvalue weighted by molar-refractivity contribution is 7.91. The number of hydrogen-bond donors (Lipinski definition) is 0. The monoisotopic (exact) mass is 426 g/mol. The highest BCUT2D eigenvalue weighted by Crippen LogP contribution is 2.34. The SMILES string of the molecule is COc1c(S(C)(=O)=O)ccc(C(=O)c2ccc(S(C)(=O)=O)c(OC)c2C)c1C. The van der Waals surface area contributed by atoms with Gasteiger partial charge >= 0.3 is 0 Å². The average molecular weight is 427 g/mol. The van der Waals surface area contributed by atoms with Gasteiger partial charge in [-0.05, 0) is 38.1 Å². The molecule has 7 nitrogen and oxygen atoms in total. The van der Waals surface area contributed by atoms with Gasteiger partial charge in [0.15, 0.2) is 25.5 Å². The second kappa shape index (κ2) is 7.56. The molecular weight excluding hydrogens is 404 g/mol. The summed E-state index contributed by atoms with van der Waals surface area (Å²) in [4.78, 5) is 13.1. The van der Waals surface area contributed by atoms with E-state index in [-0.39, 0.29) is 32.4 Å². The largest absolute Gasteiger partial charge is 0.495 e. The topological polar surface area (TPSA) is 104 Å². The molecule has 0 aromatic heterocycles. The molecule has 0 fully saturated rings. The van der Waals surface area contributed by atoms with Gasteiger partial charge in [-0.3, -0.25) is 4.79 Å². The minimum atomic E-state index is -3.54. The molecule has 152 valence electrons. The van der Waals surface area contributed by atoms with Crippen molar-refractivity contribution in [2.45, 2.75) is 23.6 Å². The minimum absolute atomic E-state index is 0.00854. The number of carbonyl (C=O) groups excluding carboxylic acids is 1. The smallest absolute Gasteiger partial charge is 0.193 e. The second-order valence-electron chi connectivity index (χ2n) is 6.41. The lowest BCUT2D eigenvalue weighted by molar-refractivity contribution is 0.103. The lowest BCUT2D eigenvalue weighted by Crippen LogP contribution is -2.11.